The van der Waals surface area contributed by atoms with Crippen molar-refractivity contribution in [2.24, 2.45) is 10.7 Å². The number of aliphatic imine (C=N–C) groups is 1. The second-order valence-corrected chi connectivity index (χ2v) is 8.23. The lowest BCUT2D eigenvalue weighted by Gasteiger charge is -2.48. The summed E-state index contributed by atoms with van der Waals surface area (Å²) >= 11 is 1.65. The van der Waals surface area contributed by atoms with Crippen LogP contribution in [0.2, 0.25) is 0 Å². The summed E-state index contributed by atoms with van der Waals surface area (Å²) < 4.78 is 5.38. The van der Waals surface area contributed by atoms with Crippen molar-refractivity contribution in [1.29, 1.82) is 0 Å². The van der Waals surface area contributed by atoms with Crippen molar-refractivity contribution in [2.75, 3.05) is 14.2 Å². The molecule has 2 atom stereocenters. The van der Waals surface area contributed by atoms with Crippen molar-refractivity contribution >= 4 is 23.2 Å². The van der Waals surface area contributed by atoms with Crippen LogP contribution < -0.4 is 10.5 Å². The van der Waals surface area contributed by atoms with Crippen LogP contribution in [0.5, 0.6) is 5.75 Å². The summed E-state index contributed by atoms with van der Waals surface area (Å²) in [4.78, 5) is 21.1. The van der Waals surface area contributed by atoms with Crippen molar-refractivity contribution in [3.05, 3.63) is 51.2 Å². The van der Waals surface area contributed by atoms with E-state index in [0.717, 1.165) is 28.2 Å². The molecule has 0 unspecified atom stereocenters. The minimum Gasteiger partial charge on any atom is -0.497 e. The first kappa shape index (κ1) is 17.1. The van der Waals surface area contributed by atoms with E-state index in [2.05, 4.69) is 25.3 Å². The van der Waals surface area contributed by atoms with Crippen molar-refractivity contribution in [3.63, 3.8) is 0 Å². The van der Waals surface area contributed by atoms with E-state index in [9.17, 15) is 4.79 Å². The molecule has 6 heteroatoms. The molecule has 0 saturated heterocycles. The molecule has 5 nitrogen and oxygen atoms in total. The van der Waals surface area contributed by atoms with E-state index in [1.54, 1.807) is 25.5 Å². The molecule has 2 N–H and O–H groups in total. The Morgan fingerprint density at radius 3 is 2.77 bits per heavy atom. The normalized spacial score (nSPS) is 27.6. The molecular weight excluding hydrogens is 346 g/mol. The summed E-state index contributed by atoms with van der Waals surface area (Å²) in [5.74, 6) is 1.10. The Labute approximate surface area is 157 Å². The number of methoxy groups -OCH3 is 1. The summed E-state index contributed by atoms with van der Waals surface area (Å²) in [7, 11) is 3.37. The minimum atomic E-state index is -0.747. The summed E-state index contributed by atoms with van der Waals surface area (Å²) in [6.07, 6.45) is 1.53. The van der Waals surface area contributed by atoms with Gasteiger partial charge < -0.3 is 10.5 Å². The number of aryl methyl sites for hydroxylation is 2. The monoisotopic (exact) mass is 369 g/mol. The summed E-state index contributed by atoms with van der Waals surface area (Å²) in [6.45, 7) is 4.11. The van der Waals surface area contributed by atoms with Crippen LogP contribution in [0, 0.1) is 6.92 Å². The number of hydrogen-bond donors (Lipinski definition) is 1. The molecule has 1 aromatic carbocycles. The minimum absolute atomic E-state index is 0.0162. The second-order valence-electron chi connectivity index (χ2n) is 7.32. The number of carbonyl (C=O) groups excluding carboxylic acids is 1. The van der Waals surface area contributed by atoms with Crippen LogP contribution in [0.4, 0.5) is 0 Å². The Morgan fingerprint density at radius 2 is 2.12 bits per heavy atom. The number of hydrogen-bond acceptors (Lipinski definition) is 5. The Bertz CT molecular complexity index is 935. The van der Waals surface area contributed by atoms with Crippen LogP contribution >= 0.6 is 11.3 Å². The molecule has 2 aromatic rings. The molecule has 1 amide bonds. The first-order valence-corrected chi connectivity index (χ1v) is 9.58. The van der Waals surface area contributed by atoms with Crippen LogP contribution in [-0.4, -0.2) is 30.9 Å². The molecule has 26 heavy (non-hydrogen) atoms. The summed E-state index contributed by atoms with van der Waals surface area (Å²) in [6, 6.07) is 8.13. The third-order valence-corrected chi connectivity index (χ3v) is 7.19. The fourth-order valence-electron chi connectivity index (χ4n) is 4.45. The Hall–Kier alpha value is -2.34. The predicted molar refractivity (Wildman–Crippen MR) is 104 cm³/mol. The predicted octanol–water partition coefficient (Wildman–Crippen LogP) is 2.95. The molecule has 1 aliphatic carbocycles. The smallest absolute Gasteiger partial charge is 0.242 e. The van der Waals surface area contributed by atoms with E-state index in [-0.39, 0.29) is 11.9 Å². The van der Waals surface area contributed by atoms with Crippen LogP contribution in [0.25, 0.3) is 0 Å². The molecule has 4 rings (SSSR count). The highest BCUT2D eigenvalue weighted by Crippen LogP contribution is 2.56. The third kappa shape index (κ3) is 2.02. The van der Waals surface area contributed by atoms with E-state index in [1.165, 1.54) is 10.5 Å². The van der Waals surface area contributed by atoms with Gasteiger partial charge in [-0.1, -0.05) is 6.07 Å². The number of carbonyl (C=O) groups is 1. The van der Waals surface area contributed by atoms with Gasteiger partial charge in [0.1, 0.15) is 16.7 Å². The van der Waals surface area contributed by atoms with Crippen LogP contribution in [0.1, 0.15) is 34.9 Å². The Kier molecular flexibility index (Phi) is 3.67. The lowest BCUT2D eigenvalue weighted by atomic mass is 9.64. The van der Waals surface area contributed by atoms with Gasteiger partial charge in [0.15, 0.2) is 5.96 Å². The van der Waals surface area contributed by atoms with Gasteiger partial charge in [-0.05, 0) is 67.0 Å². The fourth-order valence-corrected chi connectivity index (χ4v) is 5.54. The maximum Gasteiger partial charge on any atom is 0.242 e. The largest absolute Gasteiger partial charge is 0.497 e. The SMILES string of the molecule is COc1ccc2c(c1)CC[C@]21C(=O)N(C)C(N)=N[C@]1(C)c1cc(C)cs1. The molecule has 2 aliphatic rings. The van der Waals surface area contributed by atoms with Gasteiger partial charge >= 0.3 is 0 Å². The van der Waals surface area contributed by atoms with Crippen molar-refractivity contribution in [1.82, 2.24) is 4.90 Å². The van der Waals surface area contributed by atoms with Gasteiger partial charge in [-0.15, -0.1) is 11.3 Å². The van der Waals surface area contributed by atoms with Crippen LogP contribution in [-0.2, 0) is 22.2 Å². The van der Waals surface area contributed by atoms with Crippen molar-refractivity contribution < 1.29 is 9.53 Å². The third-order valence-electron chi connectivity index (χ3n) is 5.93. The van der Waals surface area contributed by atoms with E-state index in [0.29, 0.717) is 6.42 Å². The fraction of sp³-hybridized carbons (Fsp3) is 0.400. The molecule has 1 aliphatic heterocycles. The molecular formula is C20H23N3O2S. The number of guanidine groups is 1. The first-order chi connectivity index (χ1) is 12.3. The number of ether oxygens (including phenoxy) is 1. The van der Waals surface area contributed by atoms with Crippen molar-refractivity contribution in [3.8, 4) is 5.75 Å². The zero-order valence-electron chi connectivity index (χ0n) is 15.5. The van der Waals surface area contributed by atoms with Crippen LogP contribution in [0.15, 0.2) is 34.6 Å². The maximum atomic E-state index is 13.6. The van der Waals surface area contributed by atoms with Gasteiger partial charge in [0.25, 0.3) is 0 Å². The van der Waals surface area contributed by atoms with E-state index < -0.39 is 11.0 Å². The van der Waals surface area contributed by atoms with Gasteiger partial charge in [0.05, 0.1) is 7.11 Å². The zero-order valence-corrected chi connectivity index (χ0v) is 16.3. The highest BCUT2D eigenvalue weighted by molar-refractivity contribution is 7.10. The summed E-state index contributed by atoms with van der Waals surface area (Å²) in [5.41, 5.74) is 8.05. The number of thiophene rings is 1. The number of fused-ring (bicyclic) bond motifs is 2. The lowest BCUT2D eigenvalue weighted by molar-refractivity contribution is -0.136. The Morgan fingerprint density at radius 1 is 1.35 bits per heavy atom. The van der Waals surface area contributed by atoms with Crippen molar-refractivity contribution in [2.45, 2.75) is 37.6 Å². The number of benzene rings is 1. The lowest BCUT2D eigenvalue weighted by Crippen LogP contribution is -2.62. The van der Waals surface area contributed by atoms with Gasteiger partial charge in [0.2, 0.25) is 5.91 Å². The molecule has 0 saturated carbocycles. The summed E-state index contributed by atoms with van der Waals surface area (Å²) in [5, 5.41) is 2.10. The van der Waals surface area contributed by atoms with Gasteiger partial charge in [-0.2, -0.15) is 0 Å². The Balaban J connectivity index is 2.01. The molecule has 1 aromatic heterocycles. The standard InChI is InChI=1S/C20H23N3O2S/c1-12-9-16(26-11-12)19(2)20(17(24)23(3)18(21)22-19)8-7-13-10-14(25-4)5-6-15(13)20/h5-6,9-11H,7-8H2,1-4H3,(H2,21,22)/t19-,20-/m1/s1. The zero-order chi connectivity index (χ0) is 18.7. The quantitative estimate of drug-likeness (QED) is 0.885. The molecule has 2 heterocycles. The highest BCUT2D eigenvalue weighted by Gasteiger charge is 2.62. The van der Waals surface area contributed by atoms with E-state index in [4.69, 9.17) is 15.5 Å². The first-order valence-electron chi connectivity index (χ1n) is 8.70. The van der Waals surface area contributed by atoms with Crippen LogP contribution in [0.3, 0.4) is 0 Å². The maximum absolute atomic E-state index is 13.6. The topological polar surface area (TPSA) is 67.9 Å². The number of likely N-dealkylation sites (N-methyl/N-ethyl adjacent to an activating group) is 1. The molecule has 0 radical (unpaired) electrons. The molecule has 0 bridgehead atoms. The molecule has 0 fully saturated rings. The van der Waals surface area contributed by atoms with Gasteiger partial charge in [0, 0.05) is 11.9 Å². The highest BCUT2D eigenvalue weighted by atomic mass is 32.1. The van der Waals surface area contributed by atoms with E-state index >= 15 is 0 Å². The average molecular weight is 369 g/mol. The number of nitrogens with zero attached hydrogens (tertiary/aromatic N) is 2. The van der Waals surface area contributed by atoms with Gasteiger partial charge in [-0.3, -0.25) is 9.69 Å². The van der Waals surface area contributed by atoms with E-state index in [1.807, 2.05) is 18.2 Å². The number of nitrogens with two attached hydrogens (primary N) is 1. The second kappa shape index (κ2) is 5.58. The van der Waals surface area contributed by atoms with Gasteiger partial charge in [-0.25, -0.2) is 4.99 Å². The molecule has 1 spiro atoms. The number of rotatable bonds is 2. The average Bonchev–Trinajstić information content (AvgIpc) is 3.23. The molecule has 136 valence electrons. The number of amides is 1.